The van der Waals surface area contributed by atoms with E-state index in [0.717, 1.165) is 16.8 Å². The highest BCUT2D eigenvalue weighted by molar-refractivity contribution is 5.61. The molecule has 1 heteroatoms. The summed E-state index contributed by atoms with van der Waals surface area (Å²) in [6, 6.07) is 10.1. The Morgan fingerprint density at radius 1 is 1.32 bits per heavy atom. The maximum absolute atomic E-state index is 8.40. The van der Waals surface area contributed by atoms with Gasteiger partial charge in [-0.1, -0.05) is 39.0 Å². The molecule has 100 valence electrons. The first-order valence-electron chi connectivity index (χ1n) is 8.12. The average molecular weight is 257 g/mol. The molecule has 0 spiro atoms. The first-order valence-corrected chi connectivity index (χ1v) is 6.62. The Morgan fingerprint density at radius 3 is 2.58 bits per heavy atom. The van der Waals surface area contributed by atoms with Crippen molar-refractivity contribution >= 4 is 0 Å². The largest absolute Gasteiger partial charge is 0.212 e. The highest BCUT2D eigenvalue weighted by Gasteiger charge is 2.17. The van der Waals surface area contributed by atoms with Crippen LogP contribution in [0.2, 0.25) is 0 Å². The third-order valence-corrected chi connectivity index (χ3v) is 3.50. The predicted octanol–water partition coefficient (Wildman–Crippen LogP) is 4.17. The van der Waals surface area contributed by atoms with E-state index < -0.39 is 12.3 Å². The molecule has 0 saturated carbocycles. The van der Waals surface area contributed by atoms with E-state index in [1.807, 2.05) is 36.0 Å². The summed E-state index contributed by atoms with van der Waals surface area (Å²) in [5.74, 6) is -0.857. The molecule has 0 aliphatic rings. The van der Waals surface area contributed by atoms with E-state index in [4.69, 9.17) is 4.11 Å². The smallest absolute Gasteiger partial charge is 0.201 e. The van der Waals surface area contributed by atoms with Crippen LogP contribution in [0.4, 0.5) is 0 Å². The number of rotatable bonds is 3. The molecule has 0 aliphatic carbocycles. The minimum absolute atomic E-state index is 0.576. The van der Waals surface area contributed by atoms with E-state index in [9.17, 15) is 0 Å². The number of aromatic nitrogens is 1. The zero-order chi connectivity index (χ0) is 16.7. The van der Waals surface area contributed by atoms with Crippen LogP contribution >= 0.6 is 0 Å². The maximum Gasteiger partial charge on any atom is 0.212 e. The molecule has 0 radical (unpaired) electrons. The SMILES string of the molecule is [2H]C([2H])(C)c1c[n+](C)c(-c2ccccc2C)cc1C([2H])(C)C. The molecule has 0 atom stereocenters. The number of aryl methyl sites for hydroxylation is 3. The van der Waals surface area contributed by atoms with Crippen molar-refractivity contribution < 1.29 is 8.68 Å². The van der Waals surface area contributed by atoms with Crippen LogP contribution in [-0.2, 0) is 13.4 Å². The van der Waals surface area contributed by atoms with Gasteiger partial charge in [-0.05, 0) is 36.4 Å². The van der Waals surface area contributed by atoms with Gasteiger partial charge >= 0.3 is 0 Å². The van der Waals surface area contributed by atoms with Crippen LogP contribution in [0.1, 0.15) is 47.5 Å². The number of hydrogen-bond donors (Lipinski definition) is 0. The molecule has 0 saturated heterocycles. The Morgan fingerprint density at radius 2 is 2.00 bits per heavy atom. The Hall–Kier alpha value is -1.63. The molecule has 1 aromatic heterocycles. The molecule has 1 nitrogen and oxygen atoms in total. The van der Waals surface area contributed by atoms with Gasteiger partial charge in [-0.3, -0.25) is 0 Å². The second kappa shape index (κ2) is 5.56. The van der Waals surface area contributed by atoms with Crippen LogP contribution in [0.15, 0.2) is 36.5 Å². The first kappa shape index (κ1) is 10.2. The van der Waals surface area contributed by atoms with Crippen molar-refractivity contribution in [3.05, 3.63) is 53.2 Å². The van der Waals surface area contributed by atoms with Gasteiger partial charge in [0, 0.05) is 21.3 Å². The van der Waals surface area contributed by atoms with Gasteiger partial charge in [0.05, 0.1) is 0 Å². The third-order valence-electron chi connectivity index (χ3n) is 3.50. The summed E-state index contributed by atoms with van der Waals surface area (Å²) >= 11 is 0. The molecule has 2 rings (SSSR count). The van der Waals surface area contributed by atoms with E-state index in [2.05, 4.69) is 19.1 Å². The molecular formula is C18H24N+. The summed E-state index contributed by atoms with van der Waals surface area (Å²) in [6.45, 7) is 7.22. The standard InChI is InChI=1S/C18H24N/c1-6-15-12-19(5)18(11-17(15)13(2)3)16-10-8-7-9-14(16)4/h7-13H,6H2,1-5H3/q+1/i6D2,13D. The van der Waals surface area contributed by atoms with Gasteiger partial charge in [0.15, 0.2) is 6.20 Å². The molecule has 2 aromatic rings. The molecular weight excluding hydrogens is 230 g/mol. The number of benzene rings is 1. The van der Waals surface area contributed by atoms with Gasteiger partial charge in [-0.2, -0.15) is 0 Å². The lowest BCUT2D eigenvalue weighted by Crippen LogP contribution is -2.32. The molecule has 0 N–H and O–H groups in total. The fourth-order valence-electron chi connectivity index (χ4n) is 2.39. The van der Waals surface area contributed by atoms with E-state index >= 15 is 0 Å². The Bertz CT molecular complexity index is 694. The molecule has 0 amide bonds. The molecule has 0 unspecified atom stereocenters. The summed E-state index contributed by atoms with van der Waals surface area (Å²) in [7, 11) is 1.93. The lowest BCUT2D eigenvalue weighted by Gasteiger charge is -2.13. The summed E-state index contributed by atoms with van der Waals surface area (Å²) < 4.78 is 26.5. The summed E-state index contributed by atoms with van der Waals surface area (Å²) in [4.78, 5) is 0. The zero-order valence-corrected chi connectivity index (χ0v) is 12.4. The number of pyridine rings is 1. The Labute approximate surface area is 121 Å². The second-order valence-electron chi connectivity index (χ2n) is 5.16. The van der Waals surface area contributed by atoms with E-state index in [1.54, 1.807) is 20.8 Å². The summed E-state index contributed by atoms with van der Waals surface area (Å²) in [5.41, 5.74) is 4.59. The summed E-state index contributed by atoms with van der Waals surface area (Å²) in [6.07, 6.45) is 0.350. The minimum atomic E-state index is -1.48. The lowest BCUT2D eigenvalue weighted by molar-refractivity contribution is -0.660. The second-order valence-corrected chi connectivity index (χ2v) is 5.16. The number of nitrogens with zero attached hydrogens (tertiary/aromatic N) is 1. The fourth-order valence-corrected chi connectivity index (χ4v) is 2.39. The lowest BCUT2D eigenvalue weighted by atomic mass is 9.94. The van der Waals surface area contributed by atoms with Crippen molar-refractivity contribution in [2.75, 3.05) is 0 Å². The Kier molecular flexibility index (Phi) is 2.98. The van der Waals surface area contributed by atoms with E-state index in [1.165, 1.54) is 5.56 Å². The van der Waals surface area contributed by atoms with Gasteiger partial charge in [0.1, 0.15) is 7.05 Å². The first-order chi connectivity index (χ1) is 10.0. The van der Waals surface area contributed by atoms with Crippen molar-refractivity contribution in [2.45, 2.75) is 40.0 Å². The minimum Gasteiger partial charge on any atom is -0.201 e. The fraction of sp³-hybridized carbons (Fsp3) is 0.389. The van der Waals surface area contributed by atoms with Crippen LogP contribution in [0, 0.1) is 6.92 Å². The average Bonchev–Trinajstić information content (AvgIpc) is 2.37. The van der Waals surface area contributed by atoms with Crippen LogP contribution in [0.3, 0.4) is 0 Å². The van der Waals surface area contributed by atoms with Crippen molar-refractivity contribution in [1.82, 2.24) is 0 Å². The molecule has 0 fully saturated rings. The van der Waals surface area contributed by atoms with E-state index in [0.29, 0.717) is 5.56 Å². The van der Waals surface area contributed by atoms with E-state index in [-0.39, 0.29) is 0 Å². The third kappa shape index (κ3) is 2.70. The highest BCUT2D eigenvalue weighted by atomic mass is 14.9. The van der Waals surface area contributed by atoms with Crippen LogP contribution in [0.25, 0.3) is 11.3 Å². The van der Waals surface area contributed by atoms with Gasteiger partial charge in [-0.15, -0.1) is 0 Å². The highest BCUT2D eigenvalue weighted by Crippen LogP contribution is 2.26. The van der Waals surface area contributed by atoms with Gasteiger partial charge in [0.2, 0.25) is 5.69 Å². The Balaban J connectivity index is 2.77. The van der Waals surface area contributed by atoms with Gasteiger partial charge in [0.25, 0.3) is 0 Å². The van der Waals surface area contributed by atoms with Crippen molar-refractivity contribution in [2.24, 2.45) is 7.05 Å². The molecule has 1 heterocycles. The molecule has 0 bridgehead atoms. The van der Waals surface area contributed by atoms with Gasteiger partial charge in [-0.25, -0.2) is 4.57 Å². The zero-order valence-electron chi connectivity index (χ0n) is 15.4. The summed E-state index contributed by atoms with van der Waals surface area (Å²) in [5, 5.41) is 0. The van der Waals surface area contributed by atoms with Gasteiger partial charge < -0.3 is 0 Å². The predicted molar refractivity (Wildman–Crippen MR) is 81.3 cm³/mol. The topological polar surface area (TPSA) is 3.88 Å². The van der Waals surface area contributed by atoms with Crippen LogP contribution in [-0.4, -0.2) is 0 Å². The van der Waals surface area contributed by atoms with Crippen molar-refractivity contribution in [3.8, 4) is 11.3 Å². The normalized spacial score (nSPS) is 14.7. The molecule has 0 aliphatic heterocycles. The molecule has 1 aromatic carbocycles. The maximum atomic E-state index is 8.40. The van der Waals surface area contributed by atoms with Crippen molar-refractivity contribution in [1.29, 1.82) is 0 Å². The van der Waals surface area contributed by atoms with Crippen LogP contribution < -0.4 is 4.57 Å². The monoisotopic (exact) mass is 257 g/mol. The quantitative estimate of drug-likeness (QED) is 0.727. The molecule has 19 heavy (non-hydrogen) atoms. The van der Waals surface area contributed by atoms with Crippen molar-refractivity contribution in [3.63, 3.8) is 0 Å². The number of hydrogen-bond acceptors (Lipinski definition) is 0. The van der Waals surface area contributed by atoms with Crippen LogP contribution in [0.5, 0.6) is 0 Å².